The lowest BCUT2D eigenvalue weighted by Crippen LogP contribution is -2.42. The molecule has 68 valence electrons. The van der Waals surface area contributed by atoms with Gasteiger partial charge in [0.2, 0.25) is 0 Å². The van der Waals surface area contributed by atoms with Crippen molar-refractivity contribution in [3.63, 3.8) is 0 Å². The van der Waals surface area contributed by atoms with Crippen molar-refractivity contribution in [3.05, 3.63) is 0 Å². The predicted octanol–water partition coefficient (Wildman–Crippen LogP) is 2.95. The zero-order valence-corrected chi connectivity index (χ0v) is 8.70. The molecule has 1 atom stereocenters. The van der Waals surface area contributed by atoms with Crippen LogP contribution in [0.3, 0.4) is 0 Å². The van der Waals surface area contributed by atoms with Crippen LogP contribution in [0.5, 0.6) is 0 Å². The Morgan fingerprint density at radius 2 is 1.82 bits per heavy atom. The minimum Gasteiger partial charge on any atom is -0.310 e. The monoisotopic (exact) mass is 157 g/mol. The van der Waals surface area contributed by atoms with E-state index in [1.165, 1.54) is 19.3 Å². The molecular weight excluding hydrogens is 134 g/mol. The summed E-state index contributed by atoms with van der Waals surface area (Å²) >= 11 is 0. The van der Waals surface area contributed by atoms with E-state index in [0.29, 0.717) is 6.04 Å². The summed E-state index contributed by atoms with van der Waals surface area (Å²) in [5, 5.41) is 3.55. The summed E-state index contributed by atoms with van der Waals surface area (Å²) in [6, 6.07) is 0.662. The van der Waals surface area contributed by atoms with Crippen LogP contribution >= 0.6 is 0 Å². The van der Waals surface area contributed by atoms with Crippen LogP contribution < -0.4 is 5.32 Å². The van der Waals surface area contributed by atoms with Crippen molar-refractivity contribution in [2.45, 2.75) is 65.5 Å². The molecule has 0 fully saturated rings. The molecule has 0 saturated carbocycles. The molecule has 0 rings (SSSR count). The van der Waals surface area contributed by atoms with Crippen molar-refractivity contribution in [3.8, 4) is 0 Å². The van der Waals surface area contributed by atoms with E-state index in [1.54, 1.807) is 0 Å². The molecule has 0 aliphatic heterocycles. The van der Waals surface area contributed by atoms with Gasteiger partial charge in [-0.1, -0.05) is 19.8 Å². The fraction of sp³-hybridized carbons (Fsp3) is 1.00. The highest BCUT2D eigenvalue weighted by Gasteiger charge is 2.12. The Labute approximate surface area is 71.6 Å². The van der Waals surface area contributed by atoms with Gasteiger partial charge in [0.1, 0.15) is 0 Å². The van der Waals surface area contributed by atoms with Gasteiger partial charge in [-0.05, 0) is 34.1 Å². The van der Waals surface area contributed by atoms with Crippen molar-refractivity contribution in [2.24, 2.45) is 0 Å². The quantitative estimate of drug-likeness (QED) is 0.661. The summed E-state index contributed by atoms with van der Waals surface area (Å²) in [6.07, 6.45) is 3.94. The van der Waals surface area contributed by atoms with Gasteiger partial charge in [-0.3, -0.25) is 0 Å². The van der Waals surface area contributed by atoms with E-state index in [9.17, 15) is 0 Å². The van der Waals surface area contributed by atoms with Crippen molar-refractivity contribution in [1.82, 2.24) is 5.32 Å². The van der Waals surface area contributed by atoms with Crippen LogP contribution in [-0.2, 0) is 0 Å². The Kier molecular flexibility index (Phi) is 4.74. The molecule has 0 aliphatic carbocycles. The Hall–Kier alpha value is -0.0400. The van der Waals surface area contributed by atoms with Crippen LogP contribution in [0.15, 0.2) is 0 Å². The molecule has 0 radical (unpaired) electrons. The summed E-state index contributed by atoms with van der Waals surface area (Å²) in [4.78, 5) is 0. The fourth-order valence-electron chi connectivity index (χ4n) is 1.32. The van der Waals surface area contributed by atoms with E-state index in [4.69, 9.17) is 0 Å². The van der Waals surface area contributed by atoms with Gasteiger partial charge in [-0.2, -0.15) is 0 Å². The molecule has 0 bridgehead atoms. The molecule has 0 heterocycles. The van der Waals surface area contributed by atoms with Crippen LogP contribution in [-0.4, -0.2) is 11.6 Å². The number of hydrogen-bond acceptors (Lipinski definition) is 1. The summed E-state index contributed by atoms with van der Waals surface area (Å²) in [5.74, 6) is 0. The molecule has 1 heteroatoms. The average molecular weight is 157 g/mol. The third-order valence-electron chi connectivity index (χ3n) is 1.67. The van der Waals surface area contributed by atoms with E-state index in [-0.39, 0.29) is 5.54 Å². The van der Waals surface area contributed by atoms with Gasteiger partial charge in [0.25, 0.3) is 0 Å². The van der Waals surface area contributed by atoms with Crippen molar-refractivity contribution in [2.75, 3.05) is 0 Å². The fourth-order valence-corrected chi connectivity index (χ4v) is 1.32. The molecule has 0 aromatic carbocycles. The average Bonchev–Trinajstić information content (AvgIpc) is 1.79. The van der Waals surface area contributed by atoms with E-state index in [2.05, 4.69) is 39.9 Å². The number of hydrogen-bond donors (Lipinski definition) is 1. The second kappa shape index (κ2) is 4.76. The van der Waals surface area contributed by atoms with Crippen molar-refractivity contribution < 1.29 is 0 Å². The lowest BCUT2D eigenvalue weighted by atomic mass is 10.0. The normalized spacial score (nSPS) is 15.0. The van der Waals surface area contributed by atoms with E-state index in [1.807, 2.05) is 0 Å². The molecule has 0 aromatic rings. The molecule has 0 aromatic heterocycles. The van der Waals surface area contributed by atoms with Crippen LogP contribution in [0.25, 0.3) is 0 Å². The molecule has 1 nitrogen and oxygen atoms in total. The lowest BCUT2D eigenvalue weighted by molar-refractivity contribution is 0.355. The summed E-state index contributed by atoms with van der Waals surface area (Å²) in [6.45, 7) is 11.2. The van der Waals surface area contributed by atoms with Gasteiger partial charge >= 0.3 is 0 Å². The molecule has 1 N–H and O–H groups in total. The molecule has 0 spiro atoms. The molecule has 1 unspecified atom stereocenters. The van der Waals surface area contributed by atoms with Gasteiger partial charge in [-0.25, -0.2) is 0 Å². The topological polar surface area (TPSA) is 12.0 Å². The first kappa shape index (κ1) is 11.0. The summed E-state index contributed by atoms with van der Waals surface area (Å²) in [7, 11) is 0. The second-order valence-corrected chi connectivity index (χ2v) is 4.44. The van der Waals surface area contributed by atoms with Crippen LogP contribution in [0.4, 0.5) is 0 Å². The Morgan fingerprint density at radius 3 is 2.18 bits per heavy atom. The van der Waals surface area contributed by atoms with Crippen LogP contribution in [0.1, 0.15) is 53.9 Å². The lowest BCUT2D eigenvalue weighted by Gasteiger charge is -2.25. The molecule has 0 aliphatic rings. The predicted molar refractivity (Wildman–Crippen MR) is 51.9 cm³/mol. The second-order valence-electron chi connectivity index (χ2n) is 4.44. The maximum Gasteiger partial charge on any atom is 0.00989 e. The largest absolute Gasteiger partial charge is 0.310 e. The van der Waals surface area contributed by atoms with Crippen LogP contribution in [0.2, 0.25) is 0 Å². The van der Waals surface area contributed by atoms with Crippen LogP contribution in [0, 0.1) is 0 Å². The maximum atomic E-state index is 3.55. The minimum absolute atomic E-state index is 0.271. The standard InChI is InChI=1S/C10H23N/c1-6-7-8-9(2)11-10(3,4)5/h9,11H,6-8H2,1-5H3. The molecule has 0 saturated heterocycles. The maximum absolute atomic E-state index is 3.55. The third kappa shape index (κ3) is 7.86. The minimum atomic E-state index is 0.271. The molecule has 0 amide bonds. The van der Waals surface area contributed by atoms with E-state index in [0.717, 1.165) is 0 Å². The first-order chi connectivity index (χ1) is 4.95. The first-order valence-corrected chi connectivity index (χ1v) is 4.73. The highest BCUT2D eigenvalue weighted by Crippen LogP contribution is 2.05. The van der Waals surface area contributed by atoms with Crippen molar-refractivity contribution >= 4 is 0 Å². The summed E-state index contributed by atoms with van der Waals surface area (Å²) in [5.41, 5.74) is 0.271. The van der Waals surface area contributed by atoms with Gasteiger partial charge in [-0.15, -0.1) is 0 Å². The number of nitrogens with one attached hydrogen (secondary N) is 1. The van der Waals surface area contributed by atoms with Gasteiger partial charge in [0.05, 0.1) is 0 Å². The van der Waals surface area contributed by atoms with E-state index >= 15 is 0 Å². The highest BCUT2D eigenvalue weighted by atomic mass is 15.0. The zero-order chi connectivity index (χ0) is 8.91. The molecule has 11 heavy (non-hydrogen) atoms. The summed E-state index contributed by atoms with van der Waals surface area (Å²) < 4.78 is 0. The Balaban J connectivity index is 3.44. The molecular formula is C10H23N. The van der Waals surface area contributed by atoms with Gasteiger partial charge in [0, 0.05) is 11.6 Å². The highest BCUT2D eigenvalue weighted by molar-refractivity contribution is 4.74. The first-order valence-electron chi connectivity index (χ1n) is 4.73. The third-order valence-corrected chi connectivity index (χ3v) is 1.67. The van der Waals surface area contributed by atoms with Crippen molar-refractivity contribution in [1.29, 1.82) is 0 Å². The van der Waals surface area contributed by atoms with Gasteiger partial charge < -0.3 is 5.32 Å². The number of unbranched alkanes of at least 4 members (excludes halogenated alkanes) is 1. The Morgan fingerprint density at radius 1 is 1.27 bits per heavy atom. The Bertz CT molecular complexity index is 91.5. The SMILES string of the molecule is CCCCC(C)NC(C)(C)C. The zero-order valence-electron chi connectivity index (χ0n) is 8.70. The van der Waals surface area contributed by atoms with Gasteiger partial charge in [0.15, 0.2) is 0 Å². The smallest absolute Gasteiger partial charge is 0.00989 e. The van der Waals surface area contributed by atoms with E-state index < -0.39 is 0 Å². The number of rotatable bonds is 4.